The number of hydrogen-bond acceptors (Lipinski definition) is 7. The minimum atomic E-state index is -1.23. The number of carboxylic acids is 1. The Morgan fingerprint density at radius 1 is 0.615 bits per heavy atom. The third kappa shape index (κ3) is 11.4. The first-order valence-corrected chi connectivity index (χ1v) is 18.0. The first-order valence-electron chi connectivity index (χ1n) is 17.0. The Kier molecular flexibility index (Phi) is 13.1. The van der Waals surface area contributed by atoms with Crippen LogP contribution in [0.3, 0.4) is 0 Å². The lowest BCUT2D eigenvalue weighted by Gasteiger charge is -2.36. The van der Waals surface area contributed by atoms with Gasteiger partial charge in [0.1, 0.15) is 23.3 Å². The molecule has 0 aliphatic carbocycles. The highest BCUT2D eigenvalue weighted by molar-refractivity contribution is 8.00. The van der Waals surface area contributed by atoms with E-state index in [0.717, 1.165) is 16.7 Å². The first-order chi connectivity index (χ1) is 24.6. The fourth-order valence-corrected chi connectivity index (χ4v) is 7.01. The van der Waals surface area contributed by atoms with Crippen LogP contribution in [0.1, 0.15) is 63.8 Å². The number of carbonyl (C=O) groups excluding carboxylic acids is 3. The van der Waals surface area contributed by atoms with E-state index < -0.39 is 52.1 Å². The van der Waals surface area contributed by atoms with E-state index in [1.807, 2.05) is 54.6 Å². The molecule has 2 unspecified atom stereocenters. The number of carbonyl (C=O) groups is 4. The molecule has 11 heteroatoms. The van der Waals surface area contributed by atoms with Crippen molar-refractivity contribution in [1.29, 1.82) is 0 Å². The van der Waals surface area contributed by atoms with Gasteiger partial charge in [0.25, 0.3) is 0 Å². The van der Waals surface area contributed by atoms with Crippen LogP contribution in [-0.4, -0.2) is 58.2 Å². The Hall–Kier alpha value is -5.29. The van der Waals surface area contributed by atoms with E-state index in [0.29, 0.717) is 11.3 Å². The molecule has 0 heterocycles. The van der Waals surface area contributed by atoms with Crippen molar-refractivity contribution >= 4 is 41.5 Å². The van der Waals surface area contributed by atoms with Gasteiger partial charge in [-0.05, 0) is 75.9 Å². The van der Waals surface area contributed by atoms with Gasteiger partial charge < -0.3 is 30.5 Å². The lowest BCUT2D eigenvalue weighted by molar-refractivity contribution is -0.139. The molecule has 0 radical (unpaired) electrons. The molecule has 4 rings (SSSR count). The summed E-state index contributed by atoms with van der Waals surface area (Å²) in [7, 11) is 0. The molecular formula is C41H47N3O7S. The second-order valence-corrected chi connectivity index (χ2v) is 15.5. The molecule has 4 aromatic carbocycles. The highest BCUT2D eigenvalue weighted by atomic mass is 32.2. The summed E-state index contributed by atoms with van der Waals surface area (Å²) in [5.74, 6) is -1.52. The van der Waals surface area contributed by atoms with E-state index in [1.165, 1.54) is 11.8 Å². The molecule has 0 aliphatic rings. The minimum Gasteiger partial charge on any atom is -0.480 e. The largest absolute Gasteiger partial charge is 0.480 e. The maximum Gasteiger partial charge on any atom is 0.408 e. The molecule has 3 amide bonds. The lowest BCUT2D eigenvalue weighted by Crippen LogP contribution is -2.48. The van der Waals surface area contributed by atoms with Crippen molar-refractivity contribution in [2.24, 2.45) is 0 Å². The van der Waals surface area contributed by atoms with Crippen molar-refractivity contribution < 1.29 is 33.8 Å². The second-order valence-electron chi connectivity index (χ2n) is 14.2. The summed E-state index contributed by atoms with van der Waals surface area (Å²) < 4.78 is 10.0. The zero-order valence-electron chi connectivity index (χ0n) is 30.3. The van der Waals surface area contributed by atoms with Gasteiger partial charge in [0, 0.05) is 17.9 Å². The van der Waals surface area contributed by atoms with Crippen LogP contribution in [0.4, 0.5) is 15.3 Å². The molecule has 52 heavy (non-hydrogen) atoms. The molecule has 0 saturated heterocycles. The molecule has 274 valence electrons. The maximum absolute atomic E-state index is 14.0. The molecule has 0 bridgehead atoms. The molecule has 10 nitrogen and oxygen atoms in total. The van der Waals surface area contributed by atoms with Gasteiger partial charge in [-0.25, -0.2) is 14.4 Å². The molecule has 4 N–H and O–H groups in total. The van der Waals surface area contributed by atoms with Crippen molar-refractivity contribution in [3.8, 4) is 0 Å². The average Bonchev–Trinajstić information content (AvgIpc) is 3.08. The number of alkyl carbamates (subject to hydrolysis) is 2. The second kappa shape index (κ2) is 17.3. The van der Waals surface area contributed by atoms with Crippen LogP contribution in [0.25, 0.3) is 0 Å². The fraction of sp³-hybridized carbons (Fsp3) is 0.317. The zero-order chi connectivity index (χ0) is 37.9. The van der Waals surface area contributed by atoms with E-state index >= 15 is 0 Å². The molecule has 2 atom stereocenters. The van der Waals surface area contributed by atoms with Crippen molar-refractivity contribution in [2.75, 3.05) is 11.1 Å². The summed E-state index contributed by atoms with van der Waals surface area (Å²) >= 11 is 1.52. The lowest BCUT2D eigenvalue weighted by atomic mass is 9.84. The number of rotatable bonds is 13. The Labute approximate surface area is 309 Å². The van der Waals surface area contributed by atoms with Gasteiger partial charge in [0.2, 0.25) is 5.91 Å². The number of amides is 3. The molecule has 0 aromatic heterocycles. The smallest absolute Gasteiger partial charge is 0.408 e. The van der Waals surface area contributed by atoms with Gasteiger partial charge in [-0.15, -0.1) is 11.8 Å². The number of nitrogens with one attached hydrogen (secondary N) is 3. The minimum absolute atomic E-state index is 0.0111. The van der Waals surface area contributed by atoms with Crippen molar-refractivity contribution in [3.63, 3.8) is 0 Å². The van der Waals surface area contributed by atoms with Crippen LogP contribution in [0, 0.1) is 0 Å². The SMILES string of the molecule is CC(C)(C)OC(=O)NC(Cc1ccc(NC(=O)C(CSC(c2ccccc2)(c2ccccc2)c2ccccc2)NC(=O)OC(C)(C)C)cc1)C(=O)O. The Bertz CT molecular complexity index is 1690. The van der Waals surface area contributed by atoms with E-state index in [-0.39, 0.29) is 12.2 Å². The topological polar surface area (TPSA) is 143 Å². The molecule has 0 spiro atoms. The summed E-state index contributed by atoms with van der Waals surface area (Å²) in [6.45, 7) is 10.3. The van der Waals surface area contributed by atoms with Gasteiger partial charge in [0.15, 0.2) is 0 Å². The van der Waals surface area contributed by atoms with Gasteiger partial charge in [-0.2, -0.15) is 0 Å². The number of hydrogen-bond donors (Lipinski definition) is 4. The number of benzene rings is 4. The predicted molar refractivity (Wildman–Crippen MR) is 204 cm³/mol. The Morgan fingerprint density at radius 3 is 1.40 bits per heavy atom. The third-order valence-electron chi connectivity index (χ3n) is 7.67. The van der Waals surface area contributed by atoms with Crippen LogP contribution in [0.5, 0.6) is 0 Å². The summed E-state index contributed by atoms with van der Waals surface area (Å²) in [6.07, 6.45) is -1.57. The fourth-order valence-electron chi connectivity index (χ4n) is 5.45. The van der Waals surface area contributed by atoms with Gasteiger partial charge >= 0.3 is 18.2 Å². The van der Waals surface area contributed by atoms with Gasteiger partial charge in [-0.3, -0.25) is 4.79 Å². The summed E-state index contributed by atoms with van der Waals surface area (Å²) in [4.78, 5) is 51.2. The van der Waals surface area contributed by atoms with E-state index in [9.17, 15) is 24.3 Å². The summed E-state index contributed by atoms with van der Waals surface area (Å²) in [5.41, 5.74) is 2.48. The molecule has 0 aliphatic heterocycles. The molecule has 0 fully saturated rings. The first kappa shape index (κ1) is 39.5. The number of aliphatic carboxylic acids is 1. The predicted octanol–water partition coefficient (Wildman–Crippen LogP) is 7.76. The molecule has 4 aromatic rings. The standard InChI is InChI=1S/C41H47N3O7S/c1-39(2,3)50-37(48)43-33(36(46)47)26-28-22-24-32(25-23-28)42-35(45)34(44-38(49)51-40(4,5)6)27-52-41(29-16-10-7-11-17-29,30-18-12-8-13-19-30)31-20-14-9-15-21-31/h7-25,33-34H,26-27H2,1-6H3,(H,42,45)(H,43,48)(H,44,49)(H,46,47). The Balaban J connectivity index is 1.60. The average molecular weight is 726 g/mol. The van der Waals surface area contributed by atoms with Gasteiger partial charge in [-0.1, -0.05) is 103 Å². The van der Waals surface area contributed by atoms with E-state index in [1.54, 1.807) is 65.8 Å². The van der Waals surface area contributed by atoms with Gasteiger partial charge in [0.05, 0.1) is 4.75 Å². The number of anilines is 1. The highest BCUT2D eigenvalue weighted by Gasteiger charge is 2.39. The molecular weight excluding hydrogens is 679 g/mol. The monoisotopic (exact) mass is 725 g/mol. The molecule has 0 saturated carbocycles. The maximum atomic E-state index is 14.0. The Morgan fingerprint density at radius 2 is 1.02 bits per heavy atom. The number of thioether (sulfide) groups is 1. The third-order valence-corrected chi connectivity index (χ3v) is 9.31. The van der Waals surface area contributed by atoms with Crippen molar-refractivity contribution in [1.82, 2.24) is 10.6 Å². The number of carboxylic acid groups (broad SMARTS) is 1. The van der Waals surface area contributed by atoms with E-state index in [2.05, 4.69) is 52.3 Å². The van der Waals surface area contributed by atoms with Crippen molar-refractivity contribution in [3.05, 3.63) is 138 Å². The quantitative estimate of drug-likeness (QED) is 0.103. The van der Waals surface area contributed by atoms with Crippen molar-refractivity contribution in [2.45, 2.75) is 76.0 Å². The summed E-state index contributed by atoms with van der Waals surface area (Å²) in [5, 5.41) is 17.8. The van der Waals surface area contributed by atoms with E-state index in [4.69, 9.17) is 9.47 Å². The van der Waals surface area contributed by atoms with Crippen LogP contribution in [0.15, 0.2) is 115 Å². The normalized spacial score (nSPS) is 12.9. The van der Waals surface area contributed by atoms with Crippen LogP contribution in [0.2, 0.25) is 0 Å². The van der Waals surface area contributed by atoms with Crippen LogP contribution < -0.4 is 16.0 Å². The van der Waals surface area contributed by atoms with Crippen LogP contribution >= 0.6 is 11.8 Å². The van der Waals surface area contributed by atoms with Crippen LogP contribution in [-0.2, 0) is 30.2 Å². The number of ether oxygens (including phenoxy) is 2. The zero-order valence-corrected chi connectivity index (χ0v) is 31.2. The summed E-state index contributed by atoms with van der Waals surface area (Å²) in [6, 6.07) is 34.5. The highest BCUT2D eigenvalue weighted by Crippen LogP contribution is 2.48.